The highest BCUT2D eigenvalue weighted by Gasteiger charge is 2.50. The van der Waals surface area contributed by atoms with Gasteiger partial charge in [-0.25, -0.2) is 19.6 Å². The normalized spacial score (nSPS) is 16.5. The quantitative estimate of drug-likeness (QED) is 0.199. The third kappa shape index (κ3) is 8.92. The SMILES string of the molecule is Cc1noc(C)c1-c1nc(-c2cc(OC[C@@H](CN(C)C(=O)OC(C)(C)C)O[Si](C)(C)C(C)(C)C)ccc2Cl)nc(N2CC3(CCN(C(=O)O)C3)C2)c1C. The number of aromatic nitrogens is 3. The number of hydrogen-bond donors (Lipinski definition) is 1. The van der Waals surface area contributed by atoms with Crippen LogP contribution in [-0.4, -0.2) is 109 Å². The second kappa shape index (κ2) is 14.7. The monoisotopic (exact) mass is 770 g/mol. The van der Waals surface area contributed by atoms with Crippen molar-refractivity contribution in [2.24, 2.45) is 5.41 Å². The van der Waals surface area contributed by atoms with Crippen molar-refractivity contribution >= 4 is 37.9 Å². The number of likely N-dealkylation sites (tertiary alicyclic amines) is 1. The number of halogens is 1. The van der Waals surface area contributed by atoms with Gasteiger partial charge in [-0.1, -0.05) is 37.5 Å². The molecule has 2 fully saturated rings. The Bertz CT molecular complexity index is 1830. The maximum atomic E-state index is 12.9. The summed E-state index contributed by atoms with van der Waals surface area (Å²) in [5.74, 6) is 2.34. The van der Waals surface area contributed by atoms with Crippen LogP contribution in [0.2, 0.25) is 23.2 Å². The van der Waals surface area contributed by atoms with Crippen LogP contribution in [0.1, 0.15) is 65.0 Å². The van der Waals surface area contributed by atoms with E-state index in [1.165, 1.54) is 9.80 Å². The Balaban J connectivity index is 1.46. The van der Waals surface area contributed by atoms with Gasteiger partial charge in [-0.2, -0.15) is 0 Å². The van der Waals surface area contributed by atoms with Crippen LogP contribution < -0.4 is 9.64 Å². The summed E-state index contributed by atoms with van der Waals surface area (Å²) in [5, 5.41) is 14.1. The van der Waals surface area contributed by atoms with E-state index < -0.39 is 32.2 Å². The summed E-state index contributed by atoms with van der Waals surface area (Å²) in [7, 11) is -0.558. The standard InChI is InChI=1S/C38H55ClN6O7Si/c1-23-31(30-24(2)42-51-25(30)3)40-32(41-33(23)45-21-38(22-45)15-16-44(20-38)34(46)47)28-17-26(13-14-29(28)39)49-19-27(52-53(11,12)37(7,8)9)18-43(10)35(48)50-36(4,5)6/h13-14,17,27H,15-16,18-22H2,1-12H3,(H,46,47)/t27-/m1/s1. The van der Waals surface area contributed by atoms with Gasteiger partial charge in [0.25, 0.3) is 0 Å². The van der Waals surface area contributed by atoms with Crippen LogP contribution in [0, 0.1) is 26.2 Å². The van der Waals surface area contributed by atoms with Crippen molar-refractivity contribution < 1.29 is 33.1 Å². The minimum Gasteiger partial charge on any atom is -0.491 e. The second-order valence-electron chi connectivity index (χ2n) is 17.2. The molecule has 1 spiro atoms. The van der Waals surface area contributed by atoms with Crippen molar-refractivity contribution in [3.63, 3.8) is 0 Å². The molecule has 290 valence electrons. The number of benzene rings is 1. The molecular formula is C38H55ClN6O7Si. The fourth-order valence-electron chi connectivity index (χ4n) is 6.66. The molecule has 13 nitrogen and oxygen atoms in total. The molecule has 0 saturated carbocycles. The number of hydrogen-bond acceptors (Lipinski definition) is 10. The third-order valence-corrected chi connectivity index (χ3v) is 15.4. The minimum absolute atomic E-state index is 0.0634. The van der Waals surface area contributed by atoms with Gasteiger partial charge < -0.3 is 38.2 Å². The van der Waals surface area contributed by atoms with Gasteiger partial charge in [-0.05, 0) is 84.3 Å². The molecule has 0 aliphatic carbocycles. The Morgan fingerprint density at radius 2 is 1.77 bits per heavy atom. The fraction of sp³-hybridized carbons (Fsp3) is 0.605. The smallest absolute Gasteiger partial charge is 0.410 e. The van der Waals surface area contributed by atoms with E-state index >= 15 is 0 Å². The van der Waals surface area contributed by atoms with E-state index in [0.29, 0.717) is 65.5 Å². The van der Waals surface area contributed by atoms with Crippen LogP contribution in [0.15, 0.2) is 22.7 Å². The van der Waals surface area contributed by atoms with E-state index in [9.17, 15) is 14.7 Å². The van der Waals surface area contributed by atoms with E-state index in [1.54, 1.807) is 19.2 Å². The van der Waals surface area contributed by atoms with Crippen molar-refractivity contribution in [3.8, 4) is 28.4 Å². The van der Waals surface area contributed by atoms with E-state index in [0.717, 1.165) is 23.4 Å². The van der Waals surface area contributed by atoms with E-state index in [-0.39, 0.29) is 23.6 Å². The molecule has 15 heteroatoms. The Hall–Kier alpha value is -3.88. The van der Waals surface area contributed by atoms with Crippen molar-refractivity contribution in [1.82, 2.24) is 24.9 Å². The maximum absolute atomic E-state index is 12.9. The van der Waals surface area contributed by atoms with Crippen molar-refractivity contribution in [2.45, 2.75) is 98.6 Å². The lowest BCUT2D eigenvalue weighted by molar-refractivity contribution is 0.0172. The molecule has 53 heavy (non-hydrogen) atoms. The predicted octanol–water partition coefficient (Wildman–Crippen LogP) is 8.20. The molecule has 2 aliphatic rings. The fourth-order valence-corrected chi connectivity index (χ4v) is 8.19. The zero-order valence-corrected chi connectivity index (χ0v) is 35.0. The molecule has 5 rings (SSSR count). The lowest BCUT2D eigenvalue weighted by Crippen LogP contribution is -2.58. The van der Waals surface area contributed by atoms with Gasteiger partial charge in [0.05, 0.1) is 34.6 Å². The number of carboxylic acid groups (broad SMARTS) is 1. The van der Waals surface area contributed by atoms with Gasteiger partial charge in [0, 0.05) is 49.8 Å². The highest BCUT2D eigenvalue weighted by atomic mass is 35.5. The Labute approximate surface area is 319 Å². The summed E-state index contributed by atoms with van der Waals surface area (Å²) < 4.78 is 24.4. The number of likely N-dealkylation sites (N-methyl/N-ethyl adjacent to an activating group) is 1. The first-order valence-corrected chi connectivity index (χ1v) is 21.4. The molecule has 2 aromatic heterocycles. The van der Waals surface area contributed by atoms with E-state index in [2.05, 4.69) is 43.9 Å². The third-order valence-electron chi connectivity index (χ3n) is 10.5. The Morgan fingerprint density at radius 3 is 2.34 bits per heavy atom. The highest BCUT2D eigenvalue weighted by Crippen LogP contribution is 2.45. The number of carbonyl (C=O) groups is 2. The molecule has 1 N–H and O–H groups in total. The van der Waals surface area contributed by atoms with Crippen molar-refractivity contribution in [2.75, 3.05) is 51.3 Å². The molecule has 2 amide bonds. The topological polar surface area (TPSA) is 144 Å². The van der Waals surface area contributed by atoms with Gasteiger partial charge in [0.2, 0.25) is 0 Å². The van der Waals surface area contributed by atoms with E-state index in [1.807, 2.05) is 47.6 Å². The molecule has 0 bridgehead atoms. The van der Waals surface area contributed by atoms with Gasteiger partial charge >= 0.3 is 12.2 Å². The number of anilines is 1. The predicted molar refractivity (Wildman–Crippen MR) is 207 cm³/mol. The van der Waals surface area contributed by atoms with Crippen molar-refractivity contribution in [1.29, 1.82) is 0 Å². The molecule has 0 radical (unpaired) electrons. The summed E-state index contributed by atoms with van der Waals surface area (Å²) in [6.07, 6.45) is -0.946. The van der Waals surface area contributed by atoms with Crippen LogP contribution >= 0.6 is 11.6 Å². The van der Waals surface area contributed by atoms with Crippen LogP contribution in [0.4, 0.5) is 15.4 Å². The Kier molecular flexibility index (Phi) is 11.2. The van der Waals surface area contributed by atoms with Gasteiger partial charge in [-0.3, -0.25) is 0 Å². The highest BCUT2D eigenvalue weighted by molar-refractivity contribution is 6.74. The van der Waals surface area contributed by atoms with Gasteiger partial charge in [0.15, 0.2) is 14.1 Å². The molecule has 0 unspecified atom stereocenters. The number of nitrogens with zero attached hydrogens (tertiary/aromatic N) is 6. The Morgan fingerprint density at radius 1 is 1.09 bits per heavy atom. The summed E-state index contributed by atoms with van der Waals surface area (Å²) in [4.78, 5) is 39.9. The number of amides is 2. The zero-order chi connectivity index (χ0) is 39.3. The average Bonchev–Trinajstić information content (AvgIpc) is 3.62. The van der Waals surface area contributed by atoms with Crippen LogP contribution in [0.3, 0.4) is 0 Å². The first-order chi connectivity index (χ1) is 24.5. The van der Waals surface area contributed by atoms with Crippen LogP contribution in [0.25, 0.3) is 22.6 Å². The first kappa shape index (κ1) is 40.3. The van der Waals surface area contributed by atoms with E-state index in [4.69, 9.17) is 40.0 Å². The summed E-state index contributed by atoms with van der Waals surface area (Å²) >= 11 is 6.87. The van der Waals surface area contributed by atoms with Crippen LogP contribution in [-0.2, 0) is 9.16 Å². The molecule has 2 saturated heterocycles. The summed E-state index contributed by atoms with van der Waals surface area (Å²) in [6.45, 7) is 25.0. The first-order valence-electron chi connectivity index (χ1n) is 18.1. The lowest BCUT2D eigenvalue weighted by Gasteiger charge is -2.49. The molecule has 4 heterocycles. The average molecular weight is 771 g/mol. The molecule has 1 aromatic carbocycles. The summed E-state index contributed by atoms with van der Waals surface area (Å²) in [6, 6.07) is 5.39. The number of aryl methyl sites for hydroxylation is 2. The second-order valence-corrected chi connectivity index (χ2v) is 22.3. The molecule has 3 aromatic rings. The van der Waals surface area contributed by atoms with Gasteiger partial charge in [0.1, 0.15) is 29.5 Å². The summed E-state index contributed by atoms with van der Waals surface area (Å²) in [5.41, 5.74) is 2.91. The number of rotatable bonds is 10. The number of carbonyl (C=O) groups excluding carboxylic acids is 1. The molecule has 1 atom stereocenters. The van der Waals surface area contributed by atoms with Crippen molar-refractivity contribution in [3.05, 3.63) is 40.2 Å². The minimum atomic E-state index is -2.26. The molecule has 2 aliphatic heterocycles. The van der Waals surface area contributed by atoms with Gasteiger partial charge in [-0.15, -0.1) is 0 Å². The largest absolute Gasteiger partial charge is 0.491 e. The maximum Gasteiger partial charge on any atom is 0.410 e. The molecular weight excluding hydrogens is 716 g/mol. The zero-order valence-electron chi connectivity index (χ0n) is 33.2. The lowest BCUT2D eigenvalue weighted by atomic mass is 9.79. The van der Waals surface area contributed by atoms with Crippen LogP contribution in [0.5, 0.6) is 5.75 Å². The number of ether oxygens (including phenoxy) is 2.